The van der Waals surface area contributed by atoms with Gasteiger partial charge < -0.3 is 11.1 Å². The SMILES string of the molecule is CSCCC(C)NC(N)=S. The molecule has 0 radical (unpaired) electrons. The molecular weight excluding hydrogens is 164 g/mol. The normalized spacial score (nSPS) is 12.6. The van der Waals surface area contributed by atoms with Crippen molar-refractivity contribution < 1.29 is 0 Å². The molecule has 0 aromatic rings. The van der Waals surface area contributed by atoms with E-state index in [9.17, 15) is 0 Å². The van der Waals surface area contributed by atoms with E-state index in [1.54, 1.807) is 0 Å². The zero-order valence-corrected chi connectivity index (χ0v) is 8.02. The lowest BCUT2D eigenvalue weighted by atomic mass is 10.3. The van der Waals surface area contributed by atoms with Crippen molar-refractivity contribution in [3.8, 4) is 0 Å². The fourth-order valence-electron chi connectivity index (χ4n) is 0.610. The van der Waals surface area contributed by atoms with Gasteiger partial charge in [-0.1, -0.05) is 0 Å². The molecule has 0 aromatic carbocycles. The van der Waals surface area contributed by atoms with Crippen LogP contribution in [-0.2, 0) is 0 Å². The van der Waals surface area contributed by atoms with E-state index in [2.05, 4.69) is 30.7 Å². The summed E-state index contributed by atoms with van der Waals surface area (Å²) in [5.41, 5.74) is 5.28. The molecule has 1 atom stereocenters. The van der Waals surface area contributed by atoms with Crippen LogP contribution in [0, 0.1) is 0 Å². The van der Waals surface area contributed by atoms with Crippen molar-refractivity contribution in [1.82, 2.24) is 5.32 Å². The van der Waals surface area contributed by atoms with Crippen molar-refractivity contribution in [3.63, 3.8) is 0 Å². The maximum atomic E-state index is 5.28. The van der Waals surface area contributed by atoms with Crippen molar-refractivity contribution in [2.24, 2.45) is 5.73 Å². The smallest absolute Gasteiger partial charge is 0.163 e. The minimum Gasteiger partial charge on any atom is -0.376 e. The van der Waals surface area contributed by atoms with Gasteiger partial charge in [-0.05, 0) is 37.6 Å². The second kappa shape index (κ2) is 5.80. The molecular formula is C6H14N2S2. The maximum Gasteiger partial charge on any atom is 0.163 e. The van der Waals surface area contributed by atoms with Crippen LogP contribution in [0.25, 0.3) is 0 Å². The van der Waals surface area contributed by atoms with Crippen LogP contribution in [0.5, 0.6) is 0 Å². The minimum atomic E-state index is 0.397. The van der Waals surface area contributed by atoms with Crippen LogP contribution >= 0.6 is 24.0 Å². The van der Waals surface area contributed by atoms with Crippen molar-refractivity contribution >= 4 is 29.1 Å². The Morgan fingerprint density at radius 3 is 2.80 bits per heavy atom. The molecule has 0 aromatic heterocycles. The van der Waals surface area contributed by atoms with Crippen LogP contribution in [0.3, 0.4) is 0 Å². The van der Waals surface area contributed by atoms with E-state index in [-0.39, 0.29) is 0 Å². The first-order valence-corrected chi connectivity index (χ1v) is 5.02. The Hall–Kier alpha value is 0.0400. The molecule has 0 aliphatic carbocycles. The average Bonchev–Trinajstić information content (AvgIpc) is 1.82. The Labute approximate surface area is 71.9 Å². The molecule has 0 aliphatic heterocycles. The van der Waals surface area contributed by atoms with E-state index >= 15 is 0 Å². The van der Waals surface area contributed by atoms with Gasteiger partial charge in [0.15, 0.2) is 5.11 Å². The zero-order valence-electron chi connectivity index (χ0n) is 6.39. The van der Waals surface area contributed by atoms with Gasteiger partial charge in [0.2, 0.25) is 0 Å². The van der Waals surface area contributed by atoms with Crippen LogP contribution in [0.1, 0.15) is 13.3 Å². The first kappa shape index (κ1) is 10.0. The van der Waals surface area contributed by atoms with E-state index in [4.69, 9.17) is 5.73 Å². The van der Waals surface area contributed by atoms with E-state index in [1.807, 2.05) is 11.8 Å². The van der Waals surface area contributed by atoms with Crippen molar-refractivity contribution in [3.05, 3.63) is 0 Å². The predicted octanol–water partition coefficient (Wildman–Crippen LogP) is 0.961. The summed E-state index contributed by atoms with van der Waals surface area (Å²) >= 11 is 6.52. The van der Waals surface area contributed by atoms with Gasteiger partial charge in [-0.15, -0.1) is 0 Å². The molecule has 0 fully saturated rings. The summed E-state index contributed by atoms with van der Waals surface area (Å²) in [5.74, 6) is 1.15. The van der Waals surface area contributed by atoms with E-state index in [0.29, 0.717) is 11.2 Å². The number of nitrogens with one attached hydrogen (secondary N) is 1. The topological polar surface area (TPSA) is 38.0 Å². The third-order valence-corrected chi connectivity index (χ3v) is 1.91. The molecule has 0 rings (SSSR count). The van der Waals surface area contributed by atoms with Crippen molar-refractivity contribution in [2.45, 2.75) is 19.4 Å². The van der Waals surface area contributed by atoms with Gasteiger partial charge in [-0.25, -0.2) is 0 Å². The molecule has 0 amide bonds. The number of rotatable bonds is 4. The Kier molecular flexibility index (Phi) is 5.82. The molecule has 0 bridgehead atoms. The summed E-state index contributed by atoms with van der Waals surface area (Å²) < 4.78 is 0. The van der Waals surface area contributed by atoms with Gasteiger partial charge in [0.1, 0.15) is 0 Å². The Morgan fingerprint density at radius 1 is 1.80 bits per heavy atom. The molecule has 0 aliphatic rings. The average molecular weight is 178 g/mol. The molecule has 3 N–H and O–H groups in total. The number of thiocarbonyl (C=S) groups is 1. The van der Waals surface area contributed by atoms with Gasteiger partial charge in [-0.2, -0.15) is 11.8 Å². The highest BCUT2D eigenvalue weighted by atomic mass is 32.2. The molecule has 1 unspecified atom stereocenters. The summed E-state index contributed by atoms with van der Waals surface area (Å²) in [6, 6.07) is 0.407. The standard InChI is InChI=1S/C6H14N2S2/c1-5(3-4-10-2)8-6(7)9/h5H,3-4H2,1-2H3,(H3,7,8,9). The Balaban J connectivity index is 3.25. The van der Waals surface area contributed by atoms with Crippen molar-refractivity contribution in [2.75, 3.05) is 12.0 Å². The van der Waals surface area contributed by atoms with Crippen molar-refractivity contribution in [1.29, 1.82) is 0 Å². The van der Waals surface area contributed by atoms with Crippen LogP contribution in [0.15, 0.2) is 0 Å². The third-order valence-electron chi connectivity index (χ3n) is 1.14. The Morgan fingerprint density at radius 2 is 2.40 bits per heavy atom. The minimum absolute atomic E-state index is 0.397. The molecule has 4 heteroatoms. The van der Waals surface area contributed by atoms with Crippen LogP contribution in [-0.4, -0.2) is 23.2 Å². The molecule has 2 nitrogen and oxygen atoms in total. The fourth-order valence-corrected chi connectivity index (χ4v) is 1.40. The first-order valence-electron chi connectivity index (χ1n) is 3.21. The van der Waals surface area contributed by atoms with Gasteiger partial charge >= 0.3 is 0 Å². The summed E-state index contributed by atoms with van der Waals surface area (Å²) in [5, 5.41) is 3.37. The van der Waals surface area contributed by atoms with Gasteiger partial charge in [0, 0.05) is 6.04 Å². The second-order valence-electron chi connectivity index (χ2n) is 2.19. The summed E-state index contributed by atoms with van der Waals surface area (Å²) in [6.07, 6.45) is 3.20. The number of thioether (sulfide) groups is 1. The lowest BCUT2D eigenvalue weighted by molar-refractivity contribution is 0.649. The van der Waals surface area contributed by atoms with E-state index in [0.717, 1.165) is 12.2 Å². The van der Waals surface area contributed by atoms with Crippen LogP contribution < -0.4 is 11.1 Å². The van der Waals surface area contributed by atoms with Gasteiger partial charge in [0.05, 0.1) is 0 Å². The quantitative estimate of drug-likeness (QED) is 0.629. The molecule has 0 saturated carbocycles. The largest absolute Gasteiger partial charge is 0.376 e. The highest BCUT2D eigenvalue weighted by Gasteiger charge is 1.99. The van der Waals surface area contributed by atoms with E-state index < -0.39 is 0 Å². The monoisotopic (exact) mass is 178 g/mol. The number of hydrogen-bond acceptors (Lipinski definition) is 2. The van der Waals surface area contributed by atoms with Crippen LogP contribution in [0.2, 0.25) is 0 Å². The third kappa shape index (κ3) is 6.16. The first-order chi connectivity index (χ1) is 4.66. The lowest BCUT2D eigenvalue weighted by Crippen LogP contribution is -2.36. The molecule has 0 heterocycles. The number of hydrogen-bond donors (Lipinski definition) is 2. The lowest BCUT2D eigenvalue weighted by Gasteiger charge is -2.11. The second-order valence-corrected chi connectivity index (χ2v) is 3.62. The van der Waals surface area contributed by atoms with Crippen LogP contribution in [0.4, 0.5) is 0 Å². The number of nitrogens with two attached hydrogens (primary N) is 1. The van der Waals surface area contributed by atoms with E-state index in [1.165, 1.54) is 0 Å². The van der Waals surface area contributed by atoms with Gasteiger partial charge in [-0.3, -0.25) is 0 Å². The highest BCUT2D eigenvalue weighted by Crippen LogP contribution is 1.98. The maximum absolute atomic E-state index is 5.28. The molecule has 0 spiro atoms. The molecule has 0 saturated heterocycles. The molecule has 10 heavy (non-hydrogen) atoms. The summed E-state index contributed by atoms with van der Waals surface area (Å²) in [6.45, 7) is 2.08. The Bertz CT molecular complexity index is 106. The predicted molar refractivity (Wildman–Crippen MR) is 52.4 cm³/mol. The zero-order chi connectivity index (χ0) is 7.98. The highest BCUT2D eigenvalue weighted by molar-refractivity contribution is 7.98. The molecule has 60 valence electrons. The van der Waals surface area contributed by atoms with Gasteiger partial charge in [0.25, 0.3) is 0 Å². The summed E-state index contributed by atoms with van der Waals surface area (Å²) in [4.78, 5) is 0. The fraction of sp³-hybridized carbons (Fsp3) is 0.833. The summed E-state index contributed by atoms with van der Waals surface area (Å²) in [7, 11) is 0.